The van der Waals surface area contributed by atoms with Gasteiger partial charge in [-0.15, -0.1) is 0 Å². The molecule has 17 heavy (non-hydrogen) atoms. The smallest absolute Gasteiger partial charge is 0.0645 e. The second kappa shape index (κ2) is 3.70. The van der Waals surface area contributed by atoms with E-state index in [4.69, 9.17) is 5.73 Å². The fourth-order valence-corrected chi connectivity index (χ4v) is 2.44. The predicted octanol–water partition coefficient (Wildman–Crippen LogP) is 2.25. The van der Waals surface area contributed by atoms with Gasteiger partial charge >= 0.3 is 0 Å². The number of hydrogen-bond acceptors (Lipinski definition) is 2. The molecule has 0 bridgehead atoms. The quantitative estimate of drug-likeness (QED) is 0.874. The molecule has 2 aromatic rings. The molecule has 1 aliphatic rings. The van der Waals surface area contributed by atoms with Gasteiger partial charge in [-0.3, -0.25) is 0 Å². The zero-order valence-electron chi connectivity index (χ0n) is 10.0. The molecule has 1 atom stereocenters. The lowest BCUT2D eigenvalue weighted by Crippen LogP contribution is -2.31. The molecule has 3 heteroatoms. The second-order valence-electron chi connectivity index (χ2n) is 4.95. The van der Waals surface area contributed by atoms with E-state index in [2.05, 4.69) is 30.4 Å². The van der Waals surface area contributed by atoms with Crippen molar-refractivity contribution in [2.45, 2.75) is 31.2 Å². The second-order valence-corrected chi connectivity index (χ2v) is 4.95. The molecular weight excluding hydrogens is 210 g/mol. The van der Waals surface area contributed by atoms with Crippen LogP contribution in [-0.2, 0) is 5.41 Å². The van der Waals surface area contributed by atoms with Crippen molar-refractivity contribution in [2.24, 2.45) is 5.73 Å². The summed E-state index contributed by atoms with van der Waals surface area (Å²) in [4.78, 5) is 0. The molecule has 0 saturated heterocycles. The molecule has 2 N–H and O–H groups in total. The highest BCUT2D eigenvalue weighted by molar-refractivity contribution is 5.35. The van der Waals surface area contributed by atoms with Gasteiger partial charge in [-0.1, -0.05) is 18.2 Å². The van der Waals surface area contributed by atoms with Gasteiger partial charge in [0, 0.05) is 17.7 Å². The minimum Gasteiger partial charge on any atom is -0.327 e. The van der Waals surface area contributed by atoms with E-state index in [1.807, 2.05) is 29.1 Å². The minimum atomic E-state index is 0.188. The van der Waals surface area contributed by atoms with Crippen LogP contribution in [0.1, 0.15) is 25.3 Å². The number of nitrogens with zero attached hydrogens (tertiary/aromatic N) is 2. The van der Waals surface area contributed by atoms with Crippen molar-refractivity contribution in [1.29, 1.82) is 0 Å². The van der Waals surface area contributed by atoms with Gasteiger partial charge < -0.3 is 5.73 Å². The first-order valence-electron chi connectivity index (χ1n) is 6.08. The Labute approximate surface area is 101 Å². The van der Waals surface area contributed by atoms with E-state index in [-0.39, 0.29) is 11.5 Å². The summed E-state index contributed by atoms with van der Waals surface area (Å²) in [6, 6.07) is 10.4. The third kappa shape index (κ3) is 1.67. The van der Waals surface area contributed by atoms with Gasteiger partial charge in [-0.2, -0.15) is 5.10 Å². The average molecular weight is 227 g/mol. The van der Waals surface area contributed by atoms with Crippen molar-refractivity contribution in [3.63, 3.8) is 0 Å². The van der Waals surface area contributed by atoms with Crippen LogP contribution in [0.2, 0.25) is 0 Å². The van der Waals surface area contributed by atoms with Crippen LogP contribution in [-0.4, -0.2) is 15.8 Å². The molecule has 1 unspecified atom stereocenters. The maximum absolute atomic E-state index is 6.08. The summed E-state index contributed by atoms with van der Waals surface area (Å²) in [6.45, 7) is 2.09. The van der Waals surface area contributed by atoms with Crippen molar-refractivity contribution in [1.82, 2.24) is 9.78 Å². The van der Waals surface area contributed by atoms with E-state index in [0.29, 0.717) is 0 Å². The van der Waals surface area contributed by atoms with E-state index in [9.17, 15) is 0 Å². The maximum Gasteiger partial charge on any atom is 0.0645 e. The Morgan fingerprint density at radius 2 is 2.00 bits per heavy atom. The number of aromatic nitrogens is 2. The first-order valence-corrected chi connectivity index (χ1v) is 6.08. The zero-order valence-corrected chi connectivity index (χ0v) is 10.0. The average Bonchev–Trinajstić information content (AvgIpc) is 3.02. The number of rotatable bonds is 3. The molecule has 0 spiro atoms. The summed E-state index contributed by atoms with van der Waals surface area (Å²) in [5.74, 6) is 0. The van der Waals surface area contributed by atoms with E-state index >= 15 is 0 Å². The van der Waals surface area contributed by atoms with Crippen LogP contribution in [0.25, 0.3) is 5.69 Å². The third-order valence-electron chi connectivity index (χ3n) is 3.84. The molecule has 0 radical (unpaired) electrons. The Hall–Kier alpha value is -1.61. The van der Waals surface area contributed by atoms with Gasteiger partial charge in [0.05, 0.1) is 11.9 Å². The lowest BCUT2D eigenvalue weighted by atomic mass is 9.92. The van der Waals surface area contributed by atoms with E-state index in [1.165, 1.54) is 18.4 Å². The molecule has 1 aromatic carbocycles. The van der Waals surface area contributed by atoms with Crippen LogP contribution in [0, 0.1) is 0 Å². The van der Waals surface area contributed by atoms with Crippen molar-refractivity contribution >= 4 is 0 Å². The van der Waals surface area contributed by atoms with Crippen LogP contribution in [0.5, 0.6) is 0 Å². The highest BCUT2D eigenvalue weighted by atomic mass is 15.3. The summed E-state index contributed by atoms with van der Waals surface area (Å²) in [5, 5.41) is 4.44. The first kappa shape index (κ1) is 10.5. The van der Waals surface area contributed by atoms with Gasteiger partial charge in [-0.25, -0.2) is 4.68 Å². The summed E-state index contributed by atoms with van der Waals surface area (Å²) < 4.78 is 1.93. The van der Waals surface area contributed by atoms with Crippen LogP contribution in [0.3, 0.4) is 0 Å². The van der Waals surface area contributed by atoms with Crippen molar-refractivity contribution in [3.8, 4) is 5.69 Å². The third-order valence-corrected chi connectivity index (χ3v) is 3.84. The summed E-state index contributed by atoms with van der Waals surface area (Å²) in [5.41, 5.74) is 8.63. The highest BCUT2D eigenvalue weighted by Gasteiger charge is 2.48. The van der Waals surface area contributed by atoms with Gasteiger partial charge in [-0.05, 0) is 37.5 Å². The highest BCUT2D eigenvalue weighted by Crippen LogP contribution is 2.50. The topological polar surface area (TPSA) is 43.8 Å². The fourth-order valence-electron chi connectivity index (χ4n) is 2.44. The first-order chi connectivity index (χ1) is 8.22. The predicted molar refractivity (Wildman–Crippen MR) is 68.1 cm³/mol. The Morgan fingerprint density at radius 1 is 1.29 bits per heavy atom. The molecule has 1 saturated carbocycles. The van der Waals surface area contributed by atoms with Crippen molar-refractivity contribution in [3.05, 3.63) is 48.3 Å². The lowest BCUT2D eigenvalue weighted by Gasteiger charge is -2.17. The Morgan fingerprint density at radius 3 is 2.59 bits per heavy atom. The van der Waals surface area contributed by atoms with Crippen molar-refractivity contribution < 1.29 is 0 Å². The number of nitrogens with two attached hydrogens (primary N) is 1. The van der Waals surface area contributed by atoms with Crippen LogP contribution >= 0.6 is 0 Å². The SMILES string of the molecule is CC(N)C1(c2cnn(-c3ccccc3)c2)CC1. The molecule has 88 valence electrons. The standard InChI is InChI=1S/C14H17N3/c1-11(15)14(7-8-14)12-9-16-17(10-12)13-5-3-2-4-6-13/h2-6,9-11H,7-8,15H2,1H3. The summed E-state index contributed by atoms with van der Waals surface area (Å²) in [6.07, 6.45) is 6.45. The Kier molecular flexibility index (Phi) is 2.30. The maximum atomic E-state index is 6.08. The normalized spacial score (nSPS) is 18.9. The number of para-hydroxylation sites is 1. The molecule has 3 nitrogen and oxygen atoms in total. The summed E-state index contributed by atoms with van der Waals surface area (Å²) in [7, 11) is 0. The molecule has 1 aromatic heterocycles. The van der Waals surface area contributed by atoms with E-state index < -0.39 is 0 Å². The molecule has 0 amide bonds. The lowest BCUT2D eigenvalue weighted by molar-refractivity contribution is 0.556. The van der Waals surface area contributed by atoms with Crippen LogP contribution in [0.4, 0.5) is 0 Å². The Balaban J connectivity index is 1.94. The minimum absolute atomic E-state index is 0.188. The largest absolute Gasteiger partial charge is 0.327 e. The van der Waals surface area contributed by atoms with Crippen LogP contribution < -0.4 is 5.73 Å². The zero-order chi connectivity index (χ0) is 11.9. The monoisotopic (exact) mass is 227 g/mol. The molecule has 3 rings (SSSR count). The van der Waals surface area contributed by atoms with Crippen molar-refractivity contribution in [2.75, 3.05) is 0 Å². The van der Waals surface area contributed by atoms with Gasteiger partial charge in [0.25, 0.3) is 0 Å². The number of hydrogen-bond donors (Lipinski definition) is 1. The van der Waals surface area contributed by atoms with Crippen LogP contribution in [0.15, 0.2) is 42.7 Å². The molecule has 1 fully saturated rings. The Bertz CT molecular complexity index is 509. The van der Waals surface area contributed by atoms with Gasteiger partial charge in [0.2, 0.25) is 0 Å². The molecule has 1 heterocycles. The van der Waals surface area contributed by atoms with E-state index in [1.54, 1.807) is 0 Å². The fraction of sp³-hybridized carbons (Fsp3) is 0.357. The molecule has 0 aliphatic heterocycles. The van der Waals surface area contributed by atoms with E-state index in [0.717, 1.165) is 5.69 Å². The molecular formula is C14H17N3. The number of benzene rings is 1. The van der Waals surface area contributed by atoms with Gasteiger partial charge in [0.1, 0.15) is 0 Å². The summed E-state index contributed by atoms with van der Waals surface area (Å²) >= 11 is 0. The molecule has 1 aliphatic carbocycles. The van der Waals surface area contributed by atoms with Gasteiger partial charge in [0.15, 0.2) is 0 Å².